The number of aromatic nitrogens is 3. The molecule has 1 atom stereocenters. The quantitative estimate of drug-likeness (QED) is 0.689. The SMILES string of the molecule is O=C(NCC(F)(F)F)C1CCCN1C(=O)Nc1ccc(-c2n[nH]c(C3CC3)n2)cc1. The number of alkyl halides is 3. The number of amides is 3. The van der Waals surface area contributed by atoms with Gasteiger partial charge in [0.25, 0.3) is 0 Å². The summed E-state index contributed by atoms with van der Waals surface area (Å²) >= 11 is 0. The van der Waals surface area contributed by atoms with Gasteiger partial charge < -0.3 is 15.5 Å². The van der Waals surface area contributed by atoms with Gasteiger partial charge >= 0.3 is 12.2 Å². The fourth-order valence-electron chi connectivity index (χ4n) is 3.43. The summed E-state index contributed by atoms with van der Waals surface area (Å²) in [5.41, 5.74) is 1.30. The van der Waals surface area contributed by atoms with Gasteiger partial charge in [0.05, 0.1) is 0 Å². The maximum Gasteiger partial charge on any atom is 0.405 e. The highest BCUT2D eigenvalue weighted by Gasteiger charge is 2.36. The van der Waals surface area contributed by atoms with Gasteiger partial charge in [-0.2, -0.15) is 18.3 Å². The van der Waals surface area contributed by atoms with Crippen LogP contribution in [-0.4, -0.2) is 57.3 Å². The second-order valence-electron chi connectivity index (χ2n) is 7.51. The van der Waals surface area contributed by atoms with Crippen LogP contribution in [0, 0.1) is 0 Å². The molecule has 1 unspecified atom stereocenters. The van der Waals surface area contributed by atoms with Crippen molar-refractivity contribution in [2.24, 2.45) is 0 Å². The fraction of sp³-hybridized carbons (Fsp3) is 0.474. The maximum absolute atomic E-state index is 12.6. The lowest BCUT2D eigenvalue weighted by Gasteiger charge is -2.24. The number of hydrogen-bond acceptors (Lipinski definition) is 4. The molecule has 0 bridgehead atoms. The number of nitrogens with one attached hydrogen (secondary N) is 3. The monoisotopic (exact) mass is 422 g/mol. The predicted octanol–water partition coefficient (Wildman–Crippen LogP) is 3.02. The zero-order chi connectivity index (χ0) is 21.3. The van der Waals surface area contributed by atoms with Gasteiger partial charge in [0, 0.05) is 23.7 Å². The largest absolute Gasteiger partial charge is 0.405 e. The first-order valence-corrected chi connectivity index (χ1v) is 9.75. The van der Waals surface area contributed by atoms with Gasteiger partial charge in [-0.05, 0) is 49.9 Å². The Bertz CT molecular complexity index is 923. The van der Waals surface area contributed by atoms with Crippen LogP contribution in [-0.2, 0) is 4.79 Å². The fourth-order valence-corrected chi connectivity index (χ4v) is 3.43. The molecule has 1 saturated heterocycles. The number of aromatic amines is 1. The van der Waals surface area contributed by atoms with Gasteiger partial charge in [0.1, 0.15) is 18.4 Å². The van der Waals surface area contributed by atoms with Crippen molar-refractivity contribution in [3.8, 4) is 11.4 Å². The molecule has 30 heavy (non-hydrogen) atoms. The molecule has 1 aliphatic carbocycles. The Balaban J connectivity index is 1.36. The van der Waals surface area contributed by atoms with Crippen molar-refractivity contribution in [3.63, 3.8) is 0 Å². The number of nitrogens with zero attached hydrogens (tertiary/aromatic N) is 3. The van der Waals surface area contributed by atoms with Gasteiger partial charge in [-0.3, -0.25) is 9.89 Å². The topological polar surface area (TPSA) is 103 Å². The Morgan fingerprint density at radius 1 is 1.17 bits per heavy atom. The van der Waals surface area contributed by atoms with Crippen molar-refractivity contribution < 1.29 is 22.8 Å². The first kappa shape index (κ1) is 20.2. The predicted molar refractivity (Wildman–Crippen MR) is 102 cm³/mol. The van der Waals surface area contributed by atoms with E-state index in [1.54, 1.807) is 24.3 Å². The summed E-state index contributed by atoms with van der Waals surface area (Å²) in [5, 5.41) is 11.7. The van der Waals surface area contributed by atoms with Crippen LogP contribution >= 0.6 is 0 Å². The molecule has 0 spiro atoms. The Hall–Kier alpha value is -3.11. The third kappa shape index (κ3) is 4.71. The average Bonchev–Trinajstić information content (AvgIpc) is 3.23. The normalized spacial score (nSPS) is 19.0. The average molecular weight is 422 g/mol. The number of carbonyl (C=O) groups excluding carboxylic acids is 2. The number of halogens is 3. The molecule has 2 aromatic rings. The molecule has 1 aliphatic heterocycles. The summed E-state index contributed by atoms with van der Waals surface area (Å²) in [7, 11) is 0. The second-order valence-corrected chi connectivity index (χ2v) is 7.51. The van der Waals surface area contributed by atoms with Gasteiger partial charge in [-0.25, -0.2) is 9.78 Å². The number of carbonyl (C=O) groups is 2. The van der Waals surface area contributed by atoms with Crippen LogP contribution in [0.25, 0.3) is 11.4 Å². The Kier molecular flexibility index (Phi) is 5.35. The van der Waals surface area contributed by atoms with E-state index in [4.69, 9.17) is 0 Å². The molecular formula is C19H21F3N6O2. The Labute approximate surface area is 170 Å². The van der Waals surface area contributed by atoms with E-state index in [1.807, 2.05) is 5.32 Å². The van der Waals surface area contributed by atoms with Crippen LogP contribution < -0.4 is 10.6 Å². The molecule has 4 rings (SSSR count). The minimum absolute atomic E-state index is 0.301. The van der Waals surface area contributed by atoms with Gasteiger partial charge in [0.15, 0.2) is 5.82 Å². The molecule has 1 aromatic heterocycles. The summed E-state index contributed by atoms with van der Waals surface area (Å²) in [6, 6.07) is 5.48. The van der Waals surface area contributed by atoms with Crippen molar-refractivity contribution in [2.75, 3.05) is 18.4 Å². The second kappa shape index (κ2) is 7.96. The van der Waals surface area contributed by atoms with Gasteiger partial charge in [0.2, 0.25) is 5.91 Å². The number of hydrogen-bond donors (Lipinski definition) is 3. The smallest absolute Gasteiger partial charge is 0.345 e. The molecule has 1 saturated carbocycles. The molecule has 8 nitrogen and oxygen atoms in total. The lowest BCUT2D eigenvalue weighted by atomic mass is 10.2. The number of urea groups is 1. The summed E-state index contributed by atoms with van der Waals surface area (Å²) in [4.78, 5) is 30.4. The van der Waals surface area contributed by atoms with Crippen molar-refractivity contribution in [1.82, 2.24) is 25.4 Å². The maximum atomic E-state index is 12.6. The van der Waals surface area contributed by atoms with Gasteiger partial charge in [-0.1, -0.05) is 0 Å². The van der Waals surface area contributed by atoms with Crippen LogP contribution in [0.4, 0.5) is 23.7 Å². The molecule has 2 aliphatic rings. The summed E-state index contributed by atoms with van der Waals surface area (Å²) in [6.45, 7) is -1.11. The van der Waals surface area contributed by atoms with Crippen LogP contribution in [0.5, 0.6) is 0 Å². The van der Waals surface area contributed by atoms with E-state index in [1.165, 1.54) is 4.90 Å². The summed E-state index contributed by atoms with van der Waals surface area (Å²) < 4.78 is 37.0. The highest BCUT2D eigenvalue weighted by Crippen LogP contribution is 2.38. The molecule has 0 radical (unpaired) electrons. The zero-order valence-corrected chi connectivity index (χ0v) is 16.0. The van der Waals surface area contributed by atoms with Crippen LogP contribution in [0.3, 0.4) is 0 Å². The molecule has 3 N–H and O–H groups in total. The number of anilines is 1. The Morgan fingerprint density at radius 3 is 2.57 bits per heavy atom. The molecule has 3 amide bonds. The van der Waals surface area contributed by atoms with Crippen molar-refractivity contribution in [2.45, 2.75) is 43.8 Å². The molecule has 160 valence electrons. The lowest BCUT2D eigenvalue weighted by Crippen LogP contribution is -2.49. The Morgan fingerprint density at radius 2 is 1.90 bits per heavy atom. The molecule has 11 heteroatoms. The number of benzene rings is 1. The van der Waals surface area contributed by atoms with E-state index in [0.717, 1.165) is 24.2 Å². The summed E-state index contributed by atoms with van der Waals surface area (Å²) in [5.74, 6) is 1.12. The first-order valence-electron chi connectivity index (χ1n) is 9.75. The van der Waals surface area contributed by atoms with Crippen LogP contribution in [0.15, 0.2) is 24.3 Å². The number of likely N-dealkylation sites (tertiary alicyclic amines) is 1. The summed E-state index contributed by atoms with van der Waals surface area (Å²) in [6.07, 6.45) is -1.39. The third-order valence-electron chi connectivity index (χ3n) is 5.14. The molecule has 2 fully saturated rings. The minimum Gasteiger partial charge on any atom is -0.345 e. The van der Waals surface area contributed by atoms with Crippen molar-refractivity contribution in [3.05, 3.63) is 30.1 Å². The molecular weight excluding hydrogens is 401 g/mol. The van der Waals surface area contributed by atoms with E-state index in [0.29, 0.717) is 36.8 Å². The minimum atomic E-state index is -4.49. The molecule has 1 aromatic carbocycles. The van der Waals surface area contributed by atoms with E-state index in [-0.39, 0.29) is 0 Å². The van der Waals surface area contributed by atoms with Gasteiger partial charge in [-0.15, -0.1) is 0 Å². The van der Waals surface area contributed by atoms with Crippen LogP contribution in [0.1, 0.15) is 37.4 Å². The highest BCUT2D eigenvalue weighted by molar-refractivity contribution is 5.94. The van der Waals surface area contributed by atoms with Crippen molar-refractivity contribution in [1.29, 1.82) is 0 Å². The first-order chi connectivity index (χ1) is 14.3. The number of rotatable bonds is 5. The van der Waals surface area contributed by atoms with Crippen molar-refractivity contribution >= 4 is 17.6 Å². The highest BCUT2D eigenvalue weighted by atomic mass is 19.4. The molecule has 2 heterocycles. The van der Waals surface area contributed by atoms with E-state index >= 15 is 0 Å². The van der Waals surface area contributed by atoms with Crippen LogP contribution in [0.2, 0.25) is 0 Å². The van der Waals surface area contributed by atoms with E-state index in [2.05, 4.69) is 20.5 Å². The third-order valence-corrected chi connectivity index (χ3v) is 5.14. The van der Waals surface area contributed by atoms with E-state index in [9.17, 15) is 22.8 Å². The lowest BCUT2D eigenvalue weighted by molar-refractivity contribution is -0.140. The zero-order valence-electron chi connectivity index (χ0n) is 16.0. The number of H-pyrrole nitrogens is 1. The van der Waals surface area contributed by atoms with E-state index < -0.39 is 30.7 Å². The standard InChI is InChI=1S/C19H21F3N6O2/c20-19(21,22)10-23-17(29)14-2-1-9-28(14)18(30)24-13-7-5-12(6-8-13)16-25-15(26-27-16)11-3-4-11/h5-8,11,14H,1-4,9-10H2,(H,23,29)(H,24,30)(H,25,26,27).